The maximum atomic E-state index is 11.6. The summed E-state index contributed by atoms with van der Waals surface area (Å²) in [6.07, 6.45) is 4.54. The van der Waals surface area contributed by atoms with E-state index in [0.717, 1.165) is 42.9 Å². The molecule has 0 saturated carbocycles. The number of unbranched alkanes of at least 4 members (excludes halogenated alkanes) is 3. The van der Waals surface area contributed by atoms with E-state index < -0.39 is 0 Å². The highest BCUT2D eigenvalue weighted by atomic mass is 32.1. The van der Waals surface area contributed by atoms with E-state index in [1.54, 1.807) is 4.57 Å². The molecule has 0 aliphatic heterocycles. The highest BCUT2D eigenvalue weighted by Crippen LogP contribution is 2.04. The number of thiol groups is 1. The van der Waals surface area contributed by atoms with Gasteiger partial charge in [0.15, 0.2) is 0 Å². The topological polar surface area (TPSA) is 34.9 Å². The molecule has 0 amide bonds. The molecule has 0 aromatic carbocycles. The molecular weight excluding hydrogens is 220 g/mol. The number of hydrogen-bond donors (Lipinski definition) is 1. The second-order valence-electron chi connectivity index (χ2n) is 4.11. The lowest BCUT2D eigenvalue weighted by molar-refractivity contribution is 0.551. The fraction of sp³-hybridized carbons (Fsp3) is 0.667. The molecule has 1 rings (SSSR count). The van der Waals surface area contributed by atoms with Gasteiger partial charge in [-0.05, 0) is 38.5 Å². The second-order valence-corrected chi connectivity index (χ2v) is 4.56. The van der Waals surface area contributed by atoms with Crippen molar-refractivity contribution < 1.29 is 0 Å². The lowest BCUT2D eigenvalue weighted by Gasteiger charge is -2.09. The summed E-state index contributed by atoms with van der Waals surface area (Å²) in [6.45, 7) is 4.60. The van der Waals surface area contributed by atoms with Crippen molar-refractivity contribution in [3.63, 3.8) is 0 Å². The van der Waals surface area contributed by atoms with E-state index in [1.807, 2.05) is 19.9 Å². The third-order valence-corrected chi connectivity index (χ3v) is 2.95. The summed E-state index contributed by atoms with van der Waals surface area (Å²) in [7, 11) is 0. The largest absolute Gasteiger partial charge is 0.347 e. The van der Waals surface area contributed by atoms with Crippen LogP contribution < -0.4 is 5.69 Å². The maximum absolute atomic E-state index is 11.6. The zero-order valence-corrected chi connectivity index (χ0v) is 11.0. The van der Waals surface area contributed by atoms with E-state index >= 15 is 0 Å². The minimum atomic E-state index is -0.119. The van der Waals surface area contributed by atoms with Crippen LogP contribution >= 0.6 is 12.6 Å². The Balaban J connectivity index is 2.51. The smallest absolute Gasteiger partial charge is 0.297 e. The molecule has 4 heteroatoms. The van der Waals surface area contributed by atoms with Crippen LogP contribution in [0.3, 0.4) is 0 Å². The molecule has 0 bridgehead atoms. The molecule has 0 atom stereocenters. The number of aryl methyl sites for hydroxylation is 2. The minimum Gasteiger partial charge on any atom is -0.297 e. The maximum Gasteiger partial charge on any atom is 0.347 e. The van der Waals surface area contributed by atoms with Crippen LogP contribution in [0, 0.1) is 13.8 Å². The van der Waals surface area contributed by atoms with Crippen LogP contribution in [0.25, 0.3) is 0 Å². The van der Waals surface area contributed by atoms with Crippen molar-refractivity contribution >= 4 is 12.6 Å². The van der Waals surface area contributed by atoms with Gasteiger partial charge in [-0.15, -0.1) is 0 Å². The SMILES string of the molecule is Cc1cc(C)n(CCCCCCS)c(=O)n1. The summed E-state index contributed by atoms with van der Waals surface area (Å²) >= 11 is 4.17. The van der Waals surface area contributed by atoms with Gasteiger partial charge in [-0.1, -0.05) is 12.8 Å². The molecule has 1 heterocycles. The molecule has 0 saturated heterocycles. The molecule has 1 aromatic heterocycles. The van der Waals surface area contributed by atoms with Crippen LogP contribution in [0.1, 0.15) is 37.1 Å². The van der Waals surface area contributed by atoms with Gasteiger partial charge in [0.2, 0.25) is 0 Å². The molecule has 0 radical (unpaired) electrons. The first kappa shape index (κ1) is 13.3. The van der Waals surface area contributed by atoms with Gasteiger partial charge >= 0.3 is 5.69 Å². The lowest BCUT2D eigenvalue weighted by Crippen LogP contribution is -2.25. The van der Waals surface area contributed by atoms with Crippen molar-refractivity contribution in [2.75, 3.05) is 5.75 Å². The van der Waals surface area contributed by atoms with Gasteiger partial charge < -0.3 is 0 Å². The van der Waals surface area contributed by atoms with Crippen molar-refractivity contribution in [1.29, 1.82) is 0 Å². The van der Waals surface area contributed by atoms with Gasteiger partial charge in [-0.3, -0.25) is 4.57 Å². The van der Waals surface area contributed by atoms with Crippen LogP contribution in [-0.2, 0) is 6.54 Å². The lowest BCUT2D eigenvalue weighted by atomic mass is 10.2. The third kappa shape index (κ3) is 4.00. The Hall–Kier alpha value is -0.770. The fourth-order valence-corrected chi connectivity index (χ4v) is 2.01. The summed E-state index contributed by atoms with van der Waals surface area (Å²) < 4.78 is 1.76. The van der Waals surface area contributed by atoms with Crippen LogP contribution in [0.5, 0.6) is 0 Å². The number of rotatable bonds is 6. The third-order valence-electron chi connectivity index (χ3n) is 2.64. The number of aromatic nitrogens is 2. The average molecular weight is 240 g/mol. The number of nitrogens with zero attached hydrogens (tertiary/aromatic N) is 2. The molecule has 0 unspecified atom stereocenters. The Bertz CT molecular complexity index is 387. The van der Waals surface area contributed by atoms with E-state index in [-0.39, 0.29) is 5.69 Å². The molecule has 0 aliphatic rings. The highest BCUT2D eigenvalue weighted by molar-refractivity contribution is 7.80. The zero-order chi connectivity index (χ0) is 12.0. The Morgan fingerprint density at radius 2 is 1.94 bits per heavy atom. The standard InChI is InChI=1S/C12H20N2OS/c1-10-9-11(2)14(12(15)13-10)7-5-3-4-6-8-16/h9,16H,3-8H2,1-2H3. The van der Waals surface area contributed by atoms with Crippen molar-refractivity contribution in [3.05, 3.63) is 27.9 Å². The summed E-state index contributed by atoms with van der Waals surface area (Å²) in [4.78, 5) is 15.6. The van der Waals surface area contributed by atoms with Crippen LogP contribution in [0.4, 0.5) is 0 Å². The van der Waals surface area contributed by atoms with Crippen LogP contribution in [-0.4, -0.2) is 15.3 Å². The highest BCUT2D eigenvalue weighted by Gasteiger charge is 2.01. The monoisotopic (exact) mass is 240 g/mol. The van der Waals surface area contributed by atoms with Crippen molar-refractivity contribution in [1.82, 2.24) is 9.55 Å². The summed E-state index contributed by atoms with van der Waals surface area (Å²) in [5.41, 5.74) is 1.69. The van der Waals surface area contributed by atoms with E-state index in [9.17, 15) is 4.79 Å². The van der Waals surface area contributed by atoms with Crippen molar-refractivity contribution in [2.45, 2.75) is 46.1 Å². The van der Waals surface area contributed by atoms with Gasteiger partial charge in [-0.25, -0.2) is 4.79 Å². The molecule has 1 aromatic rings. The zero-order valence-electron chi connectivity index (χ0n) is 10.1. The van der Waals surface area contributed by atoms with Crippen molar-refractivity contribution in [3.8, 4) is 0 Å². The average Bonchev–Trinajstić information content (AvgIpc) is 2.20. The molecular formula is C12H20N2OS. The molecule has 0 fully saturated rings. The first-order valence-corrected chi connectivity index (χ1v) is 6.44. The number of hydrogen-bond acceptors (Lipinski definition) is 3. The summed E-state index contributed by atoms with van der Waals surface area (Å²) in [6, 6.07) is 1.95. The van der Waals surface area contributed by atoms with Gasteiger partial charge in [0.1, 0.15) is 0 Å². The van der Waals surface area contributed by atoms with E-state index in [2.05, 4.69) is 17.6 Å². The Labute approximate surface area is 102 Å². The van der Waals surface area contributed by atoms with E-state index in [0.29, 0.717) is 0 Å². The van der Waals surface area contributed by atoms with Crippen LogP contribution in [0.2, 0.25) is 0 Å². The predicted octanol–water partition coefficient (Wildman–Crippen LogP) is 2.35. The molecule has 3 nitrogen and oxygen atoms in total. The fourth-order valence-electron chi connectivity index (χ4n) is 1.78. The van der Waals surface area contributed by atoms with Gasteiger partial charge in [0, 0.05) is 17.9 Å². The molecule has 16 heavy (non-hydrogen) atoms. The van der Waals surface area contributed by atoms with Gasteiger partial charge in [0.05, 0.1) is 0 Å². The Morgan fingerprint density at radius 1 is 1.25 bits per heavy atom. The normalized spacial score (nSPS) is 10.7. The first-order valence-electron chi connectivity index (χ1n) is 5.81. The summed E-state index contributed by atoms with van der Waals surface area (Å²) in [5.74, 6) is 0.949. The molecule has 90 valence electrons. The predicted molar refractivity (Wildman–Crippen MR) is 70.3 cm³/mol. The van der Waals surface area contributed by atoms with E-state index in [4.69, 9.17) is 0 Å². The molecule has 0 aliphatic carbocycles. The quantitative estimate of drug-likeness (QED) is 0.612. The first-order chi connectivity index (χ1) is 7.65. The van der Waals surface area contributed by atoms with E-state index in [1.165, 1.54) is 6.42 Å². The van der Waals surface area contributed by atoms with Gasteiger partial charge in [0.25, 0.3) is 0 Å². The van der Waals surface area contributed by atoms with Crippen LogP contribution in [0.15, 0.2) is 10.9 Å². The van der Waals surface area contributed by atoms with Gasteiger partial charge in [-0.2, -0.15) is 17.6 Å². The van der Waals surface area contributed by atoms with Crippen molar-refractivity contribution in [2.24, 2.45) is 0 Å². The Kier molecular flexibility index (Phi) is 5.60. The molecule has 0 spiro atoms. The minimum absolute atomic E-state index is 0.119. The summed E-state index contributed by atoms with van der Waals surface area (Å²) in [5, 5.41) is 0. The second kappa shape index (κ2) is 6.74. The Morgan fingerprint density at radius 3 is 2.56 bits per heavy atom. The molecule has 0 N–H and O–H groups in total.